The molecule has 3 aliphatic heterocycles. The van der Waals surface area contributed by atoms with Crippen LogP contribution >= 0.6 is 0 Å². The van der Waals surface area contributed by atoms with Crippen molar-refractivity contribution < 1.29 is 36.0 Å². The van der Waals surface area contributed by atoms with Crippen molar-refractivity contribution in [3.8, 4) is 0 Å². The Labute approximate surface area is 114 Å². The lowest BCUT2D eigenvalue weighted by Crippen LogP contribution is -3.00. The van der Waals surface area contributed by atoms with Gasteiger partial charge in [0, 0.05) is 25.9 Å². The van der Waals surface area contributed by atoms with Gasteiger partial charge in [-0.05, 0) is 0 Å². The molecule has 5 heteroatoms. The van der Waals surface area contributed by atoms with E-state index in [9.17, 15) is 5.11 Å². The molecule has 3 fully saturated rings. The van der Waals surface area contributed by atoms with Gasteiger partial charge < -0.3 is 36.0 Å². The molecular formula is C12H24BrNO3. The fourth-order valence-corrected chi connectivity index (χ4v) is 3.07. The zero-order chi connectivity index (χ0) is 11.4. The zero-order valence-corrected chi connectivity index (χ0v) is 12.2. The molecule has 0 saturated carbocycles. The molecule has 1 atom stereocenters. The molecule has 0 unspecified atom stereocenters. The molecule has 4 nitrogen and oxygen atoms in total. The minimum atomic E-state index is -0.0681. The highest BCUT2D eigenvalue weighted by Gasteiger charge is 2.44. The number of nitrogens with zero attached hydrogens (tertiary/aromatic N) is 1. The van der Waals surface area contributed by atoms with E-state index in [2.05, 4.69) is 0 Å². The summed E-state index contributed by atoms with van der Waals surface area (Å²) in [7, 11) is 1.69. The van der Waals surface area contributed by atoms with Crippen LogP contribution in [0.25, 0.3) is 0 Å². The molecule has 0 radical (unpaired) electrons. The third kappa shape index (κ3) is 3.89. The van der Waals surface area contributed by atoms with Crippen molar-refractivity contribution in [2.75, 3.05) is 53.1 Å². The lowest BCUT2D eigenvalue weighted by molar-refractivity contribution is -0.946. The first-order valence-corrected chi connectivity index (χ1v) is 6.36. The van der Waals surface area contributed by atoms with Crippen LogP contribution in [0.15, 0.2) is 0 Å². The fraction of sp³-hybridized carbons (Fsp3) is 1.00. The molecule has 17 heavy (non-hydrogen) atoms. The largest absolute Gasteiger partial charge is 1.00 e. The van der Waals surface area contributed by atoms with Gasteiger partial charge in [0.25, 0.3) is 0 Å². The van der Waals surface area contributed by atoms with Gasteiger partial charge in [-0.3, -0.25) is 0 Å². The lowest BCUT2D eigenvalue weighted by atomic mass is 9.83. The average molecular weight is 310 g/mol. The number of rotatable bonds is 6. The third-order valence-electron chi connectivity index (χ3n) is 4.21. The van der Waals surface area contributed by atoms with Gasteiger partial charge in [0.05, 0.1) is 32.9 Å². The van der Waals surface area contributed by atoms with E-state index in [1.807, 2.05) is 0 Å². The zero-order valence-electron chi connectivity index (χ0n) is 10.6. The fourth-order valence-electron chi connectivity index (χ4n) is 3.07. The number of hydrogen-bond donors (Lipinski definition) is 1. The van der Waals surface area contributed by atoms with E-state index in [0.717, 1.165) is 24.2 Å². The number of aliphatic hydroxyl groups is 1. The van der Waals surface area contributed by atoms with Crippen molar-refractivity contribution in [2.24, 2.45) is 5.92 Å². The van der Waals surface area contributed by atoms with Crippen molar-refractivity contribution in [2.45, 2.75) is 18.9 Å². The second-order valence-corrected chi connectivity index (χ2v) is 5.20. The Morgan fingerprint density at radius 2 is 1.88 bits per heavy atom. The normalized spacial score (nSPS) is 35.6. The Kier molecular flexibility index (Phi) is 6.37. The summed E-state index contributed by atoms with van der Waals surface area (Å²) in [5.41, 5.74) is 0. The molecule has 102 valence electrons. The van der Waals surface area contributed by atoms with Crippen LogP contribution in [0.1, 0.15) is 12.8 Å². The molecule has 3 heterocycles. The van der Waals surface area contributed by atoms with E-state index in [-0.39, 0.29) is 23.1 Å². The number of ether oxygens (including phenoxy) is 2. The molecule has 0 spiro atoms. The minimum Gasteiger partial charge on any atom is -1.00 e. The number of halogens is 1. The molecule has 0 amide bonds. The Bertz CT molecular complexity index is 220. The molecule has 0 aromatic carbocycles. The highest BCUT2D eigenvalue weighted by Crippen LogP contribution is 2.33. The Balaban J connectivity index is 0.00000144. The third-order valence-corrected chi connectivity index (χ3v) is 4.21. The summed E-state index contributed by atoms with van der Waals surface area (Å²) in [6.07, 6.45) is 2.32. The maximum absolute atomic E-state index is 9.93. The molecule has 0 aromatic heterocycles. The van der Waals surface area contributed by atoms with E-state index in [1.54, 1.807) is 7.11 Å². The van der Waals surface area contributed by atoms with Gasteiger partial charge in [0.1, 0.15) is 19.2 Å². The van der Waals surface area contributed by atoms with Crippen LogP contribution in [0.2, 0.25) is 0 Å². The molecule has 0 aliphatic carbocycles. The highest BCUT2D eigenvalue weighted by atomic mass is 79.9. The first-order chi connectivity index (χ1) is 7.76. The van der Waals surface area contributed by atoms with Crippen molar-refractivity contribution >= 4 is 0 Å². The first kappa shape index (κ1) is 15.4. The smallest absolute Gasteiger partial charge is 0.106 e. The van der Waals surface area contributed by atoms with E-state index in [0.29, 0.717) is 19.1 Å². The minimum absolute atomic E-state index is 0. The number of aliphatic hydroxyl groups excluding tert-OH is 1. The lowest BCUT2D eigenvalue weighted by Gasteiger charge is -2.51. The molecular weight excluding hydrogens is 286 g/mol. The summed E-state index contributed by atoms with van der Waals surface area (Å²) < 4.78 is 11.5. The average Bonchev–Trinajstić information content (AvgIpc) is 2.30. The van der Waals surface area contributed by atoms with Crippen LogP contribution in [-0.4, -0.2) is 68.8 Å². The summed E-state index contributed by atoms with van der Waals surface area (Å²) >= 11 is 0. The summed E-state index contributed by atoms with van der Waals surface area (Å²) in [6.45, 7) is 6.60. The van der Waals surface area contributed by atoms with E-state index >= 15 is 0 Å². The number of hydrogen-bond acceptors (Lipinski definition) is 3. The Morgan fingerprint density at radius 3 is 2.47 bits per heavy atom. The molecule has 1 N–H and O–H groups in total. The molecule has 3 rings (SSSR count). The van der Waals surface area contributed by atoms with Crippen LogP contribution < -0.4 is 17.0 Å². The summed E-state index contributed by atoms with van der Waals surface area (Å²) in [4.78, 5) is 0. The van der Waals surface area contributed by atoms with Crippen LogP contribution in [0.4, 0.5) is 0 Å². The second-order valence-electron chi connectivity index (χ2n) is 5.20. The Morgan fingerprint density at radius 1 is 1.18 bits per heavy atom. The SMILES string of the molecule is COCCOCC[N+]12CCC(CC1)[C@@H](O)C2.[Br-]. The van der Waals surface area contributed by atoms with E-state index in [4.69, 9.17) is 9.47 Å². The maximum Gasteiger partial charge on any atom is 0.106 e. The monoisotopic (exact) mass is 309 g/mol. The molecule has 0 aromatic rings. The van der Waals surface area contributed by atoms with Gasteiger partial charge in [0.15, 0.2) is 0 Å². The van der Waals surface area contributed by atoms with E-state index < -0.39 is 0 Å². The van der Waals surface area contributed by atoms with Gasteiger partial charge in [-0.15, -0.1) is 0 Å². The summed E-state index contributed by atoms with van der Waals surface area (Å²) in [6, 6.07) is 0. The Hall–Kier alpha value is 0.320. The first-order valence-electron chi connectivity index (χ1n) is 6.36. The van der Waals surface area contributed by atoms with Gasteiger partial charge in [-0.2, -0.15) is 0 Å². The van der Waals surface area contributed by atoms with Gasteiger partial charge in [-0.25, -0.2) is 0 Å². The molecule has 3 aliphatic rings. The van der Waals surface area contributed by atoms with Crippen molar-refractivity contribution in [1.29, 1.82) is 0 Å². The second kappa shape index (κ2) is 7.04. The number of methoxy groups -OCH3 is 1. The van der Waals surface area contributed by atoms with Crippen molar-refractivity contribution in [1.82, 2.24) is 0 Å². The van der Waals surface area contributed by atoms with Gasteiger partial charge in [0.2, 0.25) is 0 Å². The van der Waals surface area contributed by atoms with Crippen LogP contribution in [-0.2, 0) is 9.47 Å². The van der Waals surface area contributed by atoms with E-state index in [1.165, 1.54) is 25.9 Å². The predicted octanol–water partition coefficient (Wildman–Crippen LogP) is -2.75. The van der Waals surface area contributed by atoms with Crippen LogP contribution in [0, 0.1) is 5.92 Å². The number of quaternary nitrogens is 1. The maximum atomic E-state index is 9.93. The predicted molar refractivity (Wildman–Crippen MR) is 61.2 cm³/mol. The van der Waals surface area contributed by atoms with Crippen LogP contribution in [0.5, 0.6) is 0 Å². The highest BCUT2D eigenvalue weighted by molar-refractivity contribution is 4.79. The molecule has 2 bridgehead atoms. The van der Waals surface area contributed by atoms with Crippen LogP contribution in [0.3, 0.4) is 0 Å². The van der Waals surface area contributed by atoms with Crippen molar-refractivity contribution in [3.63, 3.8) is 0 Å². The summed E-state index contributed by atoms with van der Waals surface area (Å²) in [5.74, 6) is 0.578. The van der Waals surface area contributed by atoms with Crippen molar-refractivity contribution in [3.05, 3.63) is 0 Å². The topological polar surface area (TPSA) is 38.7 Å². The summed E-state index contributed by atoms with van der Waals surface area (Å²) in [5, 5.41) is 9.93. The molecule has 3 saturated heterocycles. The number of piperidine rings is 3. The van der Waals surface area contributed by atoms with Gasteiger partial charge >= 0.3 is 0 Å². The quantitative estimate of drug-likeness (QED) is 0.427. The van der Waals surface area contributed by atoms with Gasteiger partial charge in [-0.1, -0.05) is 0 Å². The number of fused-ring (bicyclic) bond motifs is 3. The standard InChI is InChI=1S/C12H24NO3.BrH/c1-15-8-9-16-7-6-13-4-2-11(3-5-13)12(14)10-13;/h11-12,14H,2-10H2,1H3;1H/q+1;/p-1/t11?,12-,13?;/m0./s1.